The number of pyridine rings is 1. The smallest absolute Gasteiger partial charge is 0.274 e. The summed E-state index contributed by atoms with van der Waals surface area (Å²) in [5.74, 6) is -1.06. The van der Waals surface area contributed by atoms with Crippen LogP contribution in [0.2, 0.25) is 0 Å². The molecule has 2 N–H and O–H groups in total. The number of carbonyl (C=O) groups excluding carboxylic acids is 2. The van der Waals surface area contributed by atoms with Crippen molar-refractivity contribution in [1.82, 2.24) is 19.8 Å². The van der Waals surface area contributed by atoms with Gasteiger partial charge in [-0.1, -0.05) is 0 Å². The van der Waals surface area contributed by atoms with Crippen molar-refractivity contribution in [2.75, 3.05) is 27.0 Å². The van der Waals surface area contributed by atoms with Crippen molar-refractivity contribution < 1.29 is 23.3 Å². The van der Waals surface area contributed by atoms with Crippen LogP contribution in [0, 0.1) is 5.82 Å². The van der Waals surface area contributed by atoms with E-state index in [4.69, 9.17) is 4.74 Å². The molecule has 1 aliphatic carbocycles. The summed E-state index contributed by atoms with van der Waals surface area (Å²) in [5, 5.41) is 3.35. The Morgan fingerprint density at radius 3 is 2.61 bits per heavy atom. The normalized spacial score (nSPS) is 18.3. The summed E-state index contributed by atoms with van der Waals surface area (Å²) in [6.45, 7) is 3.06. The van der Waals surface area contributed by atoms with Crippen LogP contribution in [0.25, 0.3) is 21.3 Å². The molecule has 5 rings (SSSR count). The second-order valence-corrected chi connectivity index (χ2v) is 14.4. The van der Waals surface area contributed by atoms with Crippen LogP contribution in [0.3, 0.4) is 0 Å². The van der Waals surface area contributed by atoms with Crippen LogP contribution in [0.1, 0.15) is 36.2 Å². The molecule has 1 saturated heterocycles. The monoisotopic (exact) mass is 534 g/mol. The fourth-order valence-corrected chi connectivity index (χ4v) is 7.02. The van der Waals surface area contributed by atoms with Crippen LogP contribution in [-0.2, 0) is 16.4 Å². The van der Waals surface area contributed by atoms with E-state index in [1.807, 2.05) is 0 Å². The van der Waals surface area contributed by atoms with Crippen molar-refractivity contribution in [3.05, 3.63) is 34.1 Å². The number of carbonyl (C=O) groups is 2. The van der Waals surface area contributed by atoms with Crippen molar-refractivity contribution >= 4 is 45.8 Å². The number of amides is 2. The lowest BCUT2D eigenvalue weighted by Crippen LogP contribution is -2.33. The molecule has 36 heavy (non-hydrogen) atoms. The van der Waals surface area contributed by atoms with Crippen molar-refractivity contribution in [1.29, 1.82) is 0 Å². The Labute approximate surface area is 211 Å². The number of ether oxygens (including phenoxy) is 1. The largest absolute Gasteiger partial charge is 0.487 e. The average Bonchev–Trinajstić information content (AvgIpc) is 3.26. The second kappa shape index (κ2) is 8.88. The van der Waals surface area contributed by atoms with Gasteiger partial charge in [0.15, 0.2) is 11.6 Å². The summed E-state index contributed by atoms with van der Waals surface area (Å²) in [6.07, 6.45) is 4.43. The SMILES string of the molecule is CN1C(=O)CCC1COc1c(-c2cn(C)c(=O)c3[nH]c(C(=O)NC4CC4)cc23)sc(P(C)(C)=O)c1F. The summed E-state index contributed by atoms with van der Waals surface area (Å²) >= 11 is 1.02. The molecule has 1 aliphatic heterocycles. The van der Waals surface area contributed by atoms with Gasteiger partial charge in [-0.2, -0.15) is 0 Å². The maximum absolute atomic E-state index is 15.7. The Morgan fingerprint density at radius 1 is 1.28 bits per heavy atom. The molecule has 3 aromatic rings. The molecule has 1 atom stereocenters. The van der Waals surface area contributed by atoms with Gasteiger partial charge in [-0.15, -0.1) is 11.3 Å². The van der Waals surface area contributed by atoms with Gasteiger partial charge in [0, 0.05) is 43.7 Å². The lowest BCUT2D eigenvalue weighted by atomic mass is 10.1. The first-order valence-electron chi connectivity index (χ1n) is 11.8. The van der Waals surface area contributed by atoms with Crippen molar-refractivity contribution in [3.8, 4) is 16.2 Å². The lowest BCUT2D eigenvalue weighted by Gasteiger charge is -2.20. The number of aryl methyl sites for hydroxylation is 1. The van der Waals surface area contributed by atoms with Gasteiger partial charge in [-0.3, -0.25) is 14.4 Å². The fraction of sp³-hybridized carbons (Fsp3) is 0.458. The molecule has 4 heterocycles. The van der Waals surface area contributed by atoms with Crippen molar-refractivity contribution in [2.45, 2.75) is 37.8 Å². The van der Waals surface area contributed by atoms with E-state index in [9.17, 15) is 18.9 Å². The Hall–Kier alpha value is -2.91. The maximum Gasteiger partial charge on any atom is 0.274 e. The fourth-order valence-electron chi connectivity index (χ4n) is 4.40. The van der Waals surface area contributed by atoms with E-state index in [0.29, 0.717) is 28.7 Å². The number of hydrogen-bond donors (Lipinski definition) is 2. The average molecular weight is 535 g/mol. The highest BCUT2D eigenvalue weighted by Gasteiger charge is 2.33. The molecule has 2 fully saturated rings. The molecule has 0 spiro atoms. The second-order valence-electron chi connectivity index (χ2n) is 9.92. The predicted octanol–water partition coefficient (Wildman–Crippen LogP) is 2.87. The first-order valence-corrected chi connectivity index (χ1v) is 15.2. The quantitative estimate of drug-likeness (QED) is 0.453. The lowest BCUT2D eigenvalue weighted by molar-refractivity contribution is -0.127. The Bertz CT molecular complexity index is 1500. The third kappa shape index (κ3) is 4.39. The Balaban J connectivity index is 1.63. The minimum Gasteiger partial charge on any atom is -0.487 e. The third-order valence-corrected chi connectivity index (χ3v) is 10.4. The first-order chi connectivity index (χ1) is 17.0. The van der Waals surface area contributed by atoms with Gasteiger partial charge in [0.05, 0.1) is 10.9 Å². The number of likely N-dealkylation sites (tertiary alicyclic amines) is 1. The number of aromatic nitrogens is 2. The van der Waals surface area contributed by atoms with Gasteiger partial charge in [-0.25, -0.2) is 4.39 Å². The number of aromatic amines is 1. The predicted molar refractivity (Wildman–Crippen MR) is 138 cm³/mol. The summed E-state index contributed by atoms with van der Waals surface area (Å²) in [4.78, 5) is 42.4. The topological polar surface area (TPSA) is 114 Å². The minimum absolute atomic E-state index is 0.00557. The van der Waals surface area contributed by atoms with E-state index in [1.165, 1.54) is 17.9 Å². The van der Waals surface area contributed by atoms with E-state index < -0.39 is 13.0 Å². The molecular formula is C24H28FN4O5PS. The van der Waals surface area contributed by atoms with Gasteiger partial charge < -0.3 is 29.1 Å². The number of H-pyrrole nitrogens is 1. The third-order valence-electron chi connectivity index (χ3n) is 6.70. The molecule has 0 aromatic carbocycles. The highest BCUT2D eigenvalue weighted by atomic mass is 32.1. The van der Waals surface area contributed by atoms with Gasteiger partial charge in [0.1, 0.15) is 29.6 Å². The maximum atomic E-state index is 15.7. The van der Waals surface area contributed by atoms with Crippen LogP contribution < -0.4 is 20.2 Å². The molecule has 0 radical (unpaired) electrons. The molecule has 3 aromatic heterocycles. The number of nitrogens with one attached hydrogen (secondary N) is 2. The number of fused-ring (bicyclic) bond motifs is 1. The van der Waals surface area contributed by atoms with Crippen LogP contribution in [0.15, 0.2) is 17.1 Å². The summed E-state index contributed by atoms with van der Waals surface area (Å²) in [6, 6.07) is 1.53. The van der Waals surface area contributed by atoms with E-state index in [0.717, 1.165) is 24.2 Å². The van der Waals surface area contributed by atoms with Crippen molar-refractivity contribution in [3.63, 3.8) is 0 Å². The number of thiophene rings is 1. The molecule has 2 amide bonds. The molecule has 192 valence electrons. The standard InChI is InChI=1S/C24H28FN4O5PS/c1-28-10-15(14-9-16(27-19(14)23(28)32)22(31)26-12-5-6-12)21-20(18(25)24(36-21)35(3,4)33)34-11-13-7-8-17(30)29(13)2/h9-10,12-13,27H,5-8,11H2,1-4H3,(H,26,31). The van der Waals surface area contributed by atoms with E-state index in [2.05, 4.69) is 10.3 Å². The number of rotatable bonds is 7. The highest BCUT2D eigenvalue weighted by Crippen LogP contribution is 2.48. The number of likely N-dealkylation sites (N-methyl/N-ethyl adjacent to an activating group) is 1. The zero-order chi connectivity index (χ0) is 25.9. The minimum atomic E-state index is -3.00. The molecule has 0 bridgehead atoms. The van der Waals surface area contributed by atoms with E-state index in [1.54, 1.807) is 31.3 Å². The number of nitrogens with zero attached hydrogens (tertiary/aromatic N) is 2. The van der Waals surface area contributed by atoms with Gasteiger partial charge in [0.25, 0.3) is 11.5 Å². The van der Waals surface area contributed by atoms with Crippen LogP contribution >= 0.6 is 18.5 Å². The summed E-state index contributed by atoms with van der Waals surface area (Å²) in [7, 11) is 0.270. The van der Waals surface area contributed by atoms with Gasteiger partial charge in [0.2, 0.25) is 5.91 Å². The van der Waals surface area contributed by atoms with E-state index in [-0.39, 0.29) is 57.6 Å². The Kier molecular flexibility index (Phi) is 6.11. The van der Waals surface area contributed by atoms with Crippen molar-refractivity contribution in [2.24, 2.45) is 7.05 Å². The van der Waals surface area contributed by atoms with Crippen LogP contribution in [0.4, 0.5) is 4.39 Å². The molecular weight excluding hydrogens is 506 g/mol. The summed E-state index contributed by atoms with van der Waals surface area (Å²) in [5.41, 5.74) is 0.614. The van der Waals surface area contributed by atoms with Crippen LogP contribution in [-0.4, -0.2) is 65.3 Å². The van der Waals surface area contributed by atoms with Gasteiger partial charge in [-0.05, 0) is 38.7 Å². The molecule has 9 nitrogen and oxygen atoms in total. The number of halogens is 1. The van der Waals surface area contributed by atoms with E-state index >= 15 is 4.39 Å². The highest BCUT2D eigenvalue weighted by molar-refractivity contribution is 7.75. The zero-order valence-electron chi connectivity index (χ0n) is 20.5. The summed E-state index contributed by atoms with van der Waals surface area (Å²) < 4.78 is 36.0. The Morgan fingerprint density at radius 2 is 2.00 bits per heavy atom. The van der Waals surface area contributed by atoms with Crippen LogP contribution in [0.5, 0.6) is 5.75 Å². The molecule has 1 saturated carbocycles. The van der Waals surface area contributed by atoms with Gasteiger partial charge >= 0.3 is 0 Å². The number of hydrogen-bond acceptors (Lipinski definition) is 6. The molecule has 12 heteroatoms. The molecule has 1 unspecified atom stereocenters. The zero-order valence-corrected chi connectivity index (χ0v) is 22.2. The molecule has 2 aliphatic rings. The first kappa shape index (κ1) is 24.8.